The summed E-state index contributed by atoms with van der Waals surface area (Å²) in [4.78, 5) is 23.9. The molecule has 0 aliphatic rings. The first-order valence-electron chi connectivity index (χ1n) is 6.67. The normalized spacial score (nSPS) is 10.2. The van der Waals surface area contributed by atoms with Gasteiger partial charge in [0, 0.05) is 0 Å². The van der Waals surface area contributed by atoms with E-state index in [1.807, 2.05) is 0 Å². The molecule has 0 spiro atoms. The number of methoxy groups -OCH3 is 1. The number of nitrogens with one attached hydrogen (secondary N) is 1. The fourth-order valence-corrected chi connectivity index (χ4v) is 2.83. The number of hydrogen-bond acceptors (Lipinski definition) is 4. The lowest BCUT2D eigenvalue weighted by molar-refractivity contribution is -0.119. The van der Waals surface area contributed by atoms with E-state index < -0.39 is 18.5 Å². The molecule has 0 radical (unpaired) electrons. The van der Waals surface area contributed by atoms with Crippen LogP contribution in [0.2, 0.25) is 10.0 Å². The molecule has 0 saturated heterocycles. The van der Waals surface area contributed by atoms with Gasteiger partial charge in [-0.05, 0) is 46.3 Å². The first-order valence-corrected chi connectivity index (χ1v) is 8.21. The smallest absolute Gasteiger partial charge is 0.338 e. The van der Waals surface area contributed by atoms with Crippen LogP contribution < -0.4 is 10.1 Å². The second kappa shape index (κ2) is 8.37. The number of amides is 1. The van der Waals surface area contributed by atoms with Crippen LogP contribution in [0.4, 0.5) is 5.69 Å². The van der Waals surface area contributed by atoms with Gasteiger partial charge in [-0.2, -0.15) is 0 Å². The lowest BCUT2D eigenvalue weighted by Crippen LogP contribution is -2.21. The molecule has 0 aliphatic carbocycles. The zero-order valence-electron chi connectivity index (χ0n) is 12.4. The Morgan fingerprint density at radius 3 is 2.42 bits per heavy atom. The summed E-state index contributed by atoms with van der Waals surface area (Å²) in [5, 5.41) is 3.09. The van der Waals surface area contributed by atoms with Crippen molar-refractivity contribution in [2.24, 2.45) is 0 Å². The number of halogens is 3. The molecule has 0 fully saturated rings. The molecule has 0 aliphatic heterocycles. The highest BCUT2D eigenvalue weighted by Crippen LogP contribution is 2.29. The van der Waals surface area contributed by atoms with Crippen molar-refractivity contribution in [2.75, 3.05) is 19.0 Å². The van der Waals surface area contributed by atoms with Crippen LogP contribution in [0.3, 0.4) is 0 Å². The van der Waals surface area contributed by atoms with Gasteiger partial charge in [-0.3, -0.25) is 4.79 Å². The summed E-state index contributed by atoms with van der Waals surface area (Å²) in [5.74, 6) is -0.609. The SMILES string of the molecule is COc1ccc(C(=O)OCC(=O)Nc2c(Cl)cccc2Cl)cc1Br. The Morgan fingerprint density at radius 2 is 1.83 bits per heavy atom. The van der Waals surface area contributed by atoms with E-state index in [1.165, 1.54) is 13.2 Å². The topological polar surface area (TPSA) is 64.6 Å². The molecular weight excluding hydrogens is 421 g/mol. The number of ether oxygens (including phenoxy) is 2. The number of anilines is 1. The molecular formula is C16H12BrCl2NO4. The van der Waals surface area contributed by atoms with Crippen molar-refractivity contribution in [3.8, 4) is 5.75 Å². The van der Waals surface area contributed by atoms with E-state index in [1.54, 1.807) is 30.3 Å². The molecule has 1 amide bonds. The molecule has 2 aromatic rings. The zero-order valence-corrected chi connectivity index (χ0v) is 15.5. The number of hydrogen-bond donors (Lipinski definition) is 1. The van der Waals surface area contributed by atoms with Crippen molar-refractivity contribution in [1.29, 1.82) is 0 Å². The summed E-state index contributed by atoms with van der Waals surface area (Å²) in [7, 11) is 1.52. The number of rotatable bonds is 5. The van der Waals surface area contributed by atoms with E-state index in [0.29, 0.717) is 20.3 Å². The second-order valence-electron chi connectivity index (χ2n) is 4.57. The van der Waals surface area contributed by atoms with Gasteiger partial charge in [-0.25, -0.2) is 4.79 Å². The molecule has 2 rings (SSSR count). The molecule has 0 atom stereocenters. The predicted molar refractivity (Wildman–Crippen MR) is 96.1 cm³/mol. The highest BCUT2D eigenvalue weighted by molar-refractivity contribution is 9.10. The Labute approximate surface area is 157 Å². The quantitative estimate of drug-likeness (QED) is 0.703. The van der Waals surface area contributed by atoms with Crippen molar-refractivity contribution in [3.05, 3.63) is 56.5 Å². The third kappa shape index (κ3) is 4.63. The first kappa shape index (κ1) is 18.6. The van der Waals surface area contributed by atoms with Crippen LogP contribution in [0.5, 0.6) is 5.75 Å². The maximum atomic E-state index is 12.0. The predicted octanol–water partition coefficient (Wildman–Crippen LogP) is 4.56. The number of carbonyl (C=O) groups is 2. The first-order chi connectivity index (χ1) is 11.4. The maximum absolute atomic E-state index is 12.0. The summed E-state index contributed by atoms with van der Waals surface area (Å²) in [6.07, 6.45) is 0. The minimum absolute atomic E-state index is 0.272. The second-order valence-corrected chi connectivity index (χ2v) is 6.24. The lowest BCUT2D eigenvalue weighted by atomic mass is 10.2. The minimum atomic E-state index is -0.640. The van der Waals surface area contributed by atoms with Gasteiger partial charge in [-0.1, -0.05) is 29.3 Å². The largest absolute Gasteiger partial charge is 0.496 e. The average Bonchev–Trinajstić information content (AvgIpc) is 2.56. The van der Waals surface area contributed by atoms with Crippen molar-refractivity contribution >= 4 is 56.7 Å². The van der Waals surface area contributed by atoms with Crippen LogP contribution in [0.25, 0.3) is 0 Å². The molecule has 1 N–H and O–H groups in total. The molecule has 0 heterocycles. The Bertz CT molecular complexity index is 762. The Hall–Kier alpha value is -1.76. The molecule has 0 saturated carbocycles. The summed E-state index contributed by atoms with van der Waals surface area (Å²) in [6, 6.07) is 9.53. The van der Waals surface area contributed by atoms with Gasteiger partial charge >= 0.3 is 5.97 Å². The Balaban J connectivity index is 1.96. The number of carbonyl (C=O) groups excluding carboxylic acids is 2. The van der Waals surface area contributed by atoms with Crippen LogP contribution in [0.1, 0.15) is 10.4 Å². The maximum Gasteiger partial charge on any atom is 0.338 e. The van der Waals surface area contributed by atoms with Gasteiger partial charge in [0.2, 0.25) is 0 Å². The zero-order chi connectivity index (χ0) is 17.7. The van der Waals surface area contributed by atoms with Gasteiger partial charge in [0.15, 0.2) is 6.61 Å². The van der Waals surface area contributed by atoms with Crippen LogP contribution in [-0.2, 0) is 9.53 Å². The van der Waals surface area contributed by atoms with E-state index in [0.717, 1.165) is 0 Å². The average molecular weight is 433 g/mol. The standard InChI is InChI=1S/C16H12BrCl2NO4/c1-23-13-6-5-9(7-10(13)17)16(22)24-8-14(21)20-15-11(18)3-2-4-12(15)19/h2-7H,8H2,1H3,(H,20,21). The Morgan fingerprint density at radius 1 is 1.17 bits per heavy atom. The minimum Gasteiger partial charge on any atom is -0.496 e. The van der Waals surface area contributed by atoms with Gasteiger partial charge in [0.25, 0.3) is 5.91 Å². The Kier molecular flexibility index (Phi) is 6.48. The van der Waals surface area contributed by atoms with Gasteiger partial charge in [0.05, 0.1) is 32.9 Å². The van der Waals surface area contributed by atoms with E-state index in [2.05, 4.69) is 21.2 Å². The van der Waals surface area contributed by atoms with E-state index >= 15 is 0 Å². The van der Waals surface area contributed by atoms with Crippen molar-refractivity contribution in [1.82, 2.24) is 0 Å². The molecule has 0 unspecified atom stereocenters. The summed E-state index contributed by atoms with van der Waals surface area (Å²) >= 11 is 15.2. The summed E-state index contributed by atoms with van der Waals surface area (Å²) in [5.41, 5.74) is 0.556. The van der Waals surface area contributed by atoms with E-state index in [-0.39, 0.29) is 11.3 Å². The fourth-order valence-electron chi connectivity index (χ4n) is 1.80. The number of esters is 1. The van der Waals surface area contributed by atoms with E-state index in [4.69, 9.17) is 32.7 Å². The molecule has 0 aromatic heterocycles. The molecule has 8 heteroatoms. The molecule has 5 nitrogen and oxygen atoms in total. The van der Waals surface area contributed by atoms with Crippen molar-refractivity contribution < 1.29 is 19.1 Å². The van der Waals surface area contributed by atoms with Crippen LogP contribution in [-0.4, -0.2) is 25.6 Å². The third-order valence-electron chi connectivity index (χ3n) is 2.95. The van der Waals surface area contributed by atoms with Crippen LogP contribution in [0.15, 0.2) is 40.9 Å². The highest BCUT2D eigenvalue weighted by Gasteiger charge is 2.14. The van der Waals surface area contributed by atoms with Gasteiger partial charge in [0.1, 0.15) is 5.75 Å². The van der Waals surface area contributed by atoms with Crippen LogP contribution >= 0.6 is 39.1 Å². The van der Waals surface area contributed by atoms with Crippen molar-refractivity contribution in [2.45, 2.75) is 0 Å². The molecule has 126 valence electrons. The molecule has 2 aromatic carbocycles. The molecule has 0 bridgehead atoms. The van der Waals surface area contributed by atoms with Crippen LogP contribution in [0, 0.1) is 0 Å². The summed E-state index contributed by atoms with van der Waals surface area (Å²) < 4.78 is 10.7. The summed E-state index contributed by atoms with van der Waals surface area (Å²) in [6.45, 7) is -0.468. The molecule has 24 heavy (non-hydrogen) atoms. The van der Waals surface area contributed by atoms with Gasteiger partial charge < -0.3 is 14.8 Å². The number of para-hydroxylation sites is 1. The lowest BCUT2D eigenvalue weighted by Gasteiger charge is -2.10. The van der Waals surface area contributed by atoms with Gasteiger partial charge in [-0.15, -0.1) is 0 Å². The third-order valence-corrected chi connectivity index (χ3v) is 4.20. The number of benzene rings is 2. The van der Waals surface area contributed by atoms with E-state index in [9.17, 15) is 9.59 Å². The fraction of sp³-hybridized carbons (Fsp3) is 0.125. The van der Waals surface area contributed by atoms with Crippen molar-refractivity contribution in [3.63, 3.8) is 0 Å². The highest BCUT2D eigenvalue weighted by atomic mass is 79.9. The monoisotopic (exact) mass is 431 g/mol.